The summed E-state index contributed by atoms with van der Waals surface area (Å²) in [4.78, 5) is 21.9. The maximum Gasteiger partial charge on any atom is 0.341 e. The third-order valence-corrected chi connectivity index (χ3v) is 2.45. The maximum absolute atomic E-state index is 11.4. The molecule has 0 saturated carbocycles. The molecular weight excluding hydrogens is 236 g/mol. The normalized spacial score (nSPS) is 10.1. The van der Waals surface area contributed by atoms with Gasteiger partial charge in [0.25, 0.3) is 0 Å². The summed E-state index contributed by atoms with van der Waals surface area (Å²) in [6.45, 7) is 0. The minimum absolute atomic E-state index is 0.0408. The highest BCUT2D eigenvalue weighted by Crippen LogP contribution is 2.33. The summed E-state index contributed by atoms with van der Waals surface area (Å²) < 4.78 is 9.74. The van der Waals surface area contributed by atoms with Gasteiger partial charge in [0.1, 0.15) is 17.1 Å². The van der Waals surface area contributed by atoms with Gasteiger partial charge in [0, 0.05) is 0 Å². The summed E-state index contributed by atoms with van der Waals surface area (Å²) >= 11 is 0. The molecule has 1 heterocycles. The molecule has 1 N–H and O–H groups in total. The van der Waals surface area contributed by atoms with E-state index >= 15 is 0 Å². The standard InChI is InChI=1S/C13H10O5/c1-17-13(16)10-4-2-3-9(12(10)15)11-6-5-8(7-14)18-11/h2-7,15H,1H3. The summed E-state index contributed by atoms with van der Waals surface area (Å²) in [7, 11) is 1.23. The minimum Gasteiger partial charge on any atom is -0.506 e. The van der Waals surface area contributed by atoms with Crippen molar-refractivity contribution in [2.75, 3.05) is 7.11 Å². The van der Waals surface area contributed by atoms with Gasteiger partial charge >= 0.3 is 5.97 Å². The highest BCUT2D eigenvalue weighted by atomic mass is 16.5. The van der Waals surface area contributed by atoms with Gasteiger partial charge in [-0.25, -0.2) is 4.79 Å². The van der Waals surface area contributed by atoms with Crippen LogP contribution in [-0.2, 0) is 4.74 Å². The molecule has 0 unspecified atom stereocenters. The summed E-state index contributed by atoms with van der Waals surface area (Å²) in [5.41, 5.74) is 0.366. The number of esters is 1. The Morgan fingerprint density at radius 1 is 1.33 bits per heavy atom. The van der Waals surface area contributed by atoms with Crippen LogP contribution in [0.15, 0.2) is 34.7 Å². The smallest absolute Gasteiger partial charge is 0.341 e. The summed E-state index contributed by atoms with van der Waals surface area (Å²) in [6, 6.07) is 7.63. The number of aldehydes is 1. The van der Waals surface area contributed by atoms with E-state index in [9.17, 15) is 14.7 Å². The van der Waals surface area contributed by atoms with Gasteiger partial charge in [-0.2, -0.15) is 0 Å². The fourth-order valence-electron chi connectivity index (χ4n) is 1.58. The number of phenols is 1. The van der Waals surface area contributed by atoms with Crippen molar-refractivity contribution in [2.45, 2.75) is 0 Å². The van der Waals surface area contributed by atoms with Crippen molar-refractivity contribution in [1.29, 1.82) is 0 Å². The molecule has 0 aliphatic carbocycles. The Hall–Kier alpha value is -2.56. The van der Waals surface area contributed by atoms with Gasteiger partial charge in [0.15, 0.2) is 12.0 Å². The number of rotatable bonds is 3. The van der Waals surface area contributed by atoms with Crippen LogP contribution in [0.4, 0.5) is 0 Å². The van der Waals surface area contributed by atoms with Crippen LogP contribution < -0.4 is 0 Å². The van der Waals surface area contributed by atoms with Crippen LogP contribution in [0, 0.1) is 0 Å². The number of phenolic OH excluding ortho intramolecular Hbond substituents is 1. The molecule has 0 bridgehead atoms. The lowest BCUT2D eigenvalue weighted by atomic mass is 10.1. The van der Waals surface area contributed by atoms with Crippen LogP contribution in [0.5, 0.6) is 5.75 Å². The fraction of sp³-hybridized carbons (Fsp3) is 0.0769. The van der Waals surface area contributed by atoms with E-state index in [1.54, 1.807) is 18.2 Å². The van der Waals surface area contributed by atoms with E-state index in [2.05, 4.69) is 4.74 Å². The molecule has 92 valence electrons. The molecule has 5 heteroatoms. The molecule has 0 spiro atoms. The molecule has 1 aromatic heterocycles. The van der Waals surface area contributed by atoms with Gasteiger partial charge < -0.3 is 14.3 Å². The average Bonchev–Trinajstić information content (AvgIpc) is 2.86. The Morgan fingerprint density at radius 3 is 2.72 bits per heavy atom. The zero-order valence-electron chi connectivity index (χ0n) is 9.54. The molecular formula is C13H10O5. The van der Waals surface area contributed by atoms with Crippen molar-refractivity contribution >= 4 is 12.3 Å². The van der Waals surface area contributed by atoms with E-state index in [1.165, 1.54) is 19.2 Å². The van der Waals surface area contributed by atoms with Crippen LogP contribution in [0.1, 0.15) is 20.9 Å². The van der Waals surface area contributed by atoms with Crippen molar-refractivity contribution in [3.8, 4) is 17.1 Å². The maximum atomic E-state index is 11.4. The molecule has 0 atom stereocenters. The van der Waals surface area contributed by atoms with Crippen molar-refractivity contribution < 1.29 is 23.8 Å². The third kappa shape index (κ3) is 1.98. The lowest BCUT2D eigenvalue weighted by molar-refractivity contribution is 0.0597. The van der Waals surface area contributed by atoms with Crippen molar-refractivity contribution in [3.63, 3.8) is 0 Å². The molecule has 0 radical (unpaired) electrons. The number of aromatic hydroxyl groups is 1. The van der Waals surface area contributed by atoms with Crippen LogP contribution in [0.3, 0.4) is 0 Å². The van der Waals surface area contributed by atoms with E-state index < -0.39 is 5.97 Å². The zero-order valence-corrected chi connectivity index (χ0v) is 9.54. The Labute approximate surface area is 103 Å². The van der Waals surface area contributed by atoms with Gasteiger partial charge in [0.05, 0.1) is 12.7 Å². The Balaban J connectivity index is 2.51. The first-order valence-corrected chi connectivity index (χ1v) is 5.13. The summed E-state index contributed by atoms with van der Waals surface area (Å²) in [5, 5.41) is 9.98. The predicted octanol–water partition coefficient (Wildman–Crippen LogP) is 2.25. The van der Waals surface area contributed by atoms with E-state index in [1.807, 2.05) is 0 Å². The SMILES string of the molecule is COC(=O)c1cccc(-c2ccc(C=O)o2)c1O. The quantitative estimate of drug-likeness (QED) is 0.663. The van der Waals surface area contributed by atoms with Crippen molar-refractivity contribution in [2.24, 2.45) is 0 Å². The van der Waals surface area contributed by atoms with Gasteiger partial charge in [-0.3, -0.25) is 4.79 Å². The van der Waals surface area contributed by atoms with E-state index in [0.29, 0.717) is 17.6 Å². The van der Waals surface area contributed by atoms with Crippen molar-refractivity contribution in [3.05, 3.63) is 41.7 Å². The number of para-hydroxylation sites is 1. The lowest BCUT2D eigenvalue weighted by Crippen LogP contribution is -2.01. The van der Waals surface area contributed by atoms with Crippen LogP contribution >= 0.6 is 0 Å². The van der Waals surface area contributed by atoms with Gasteiger partial charge in [-0.05, 0) is 24.3 Å². The monoisotopic (exact) mass is 246 g/mol. The number of furan rings is 1. The molecule has 2 rings (SSSR count). The molecule has 5 nitrogen and oxygen atoms in total. The Kier molecular flexibility index (Phi) is 3.14. The molecule has 1 aromatic carbocycles. The molecule has 0 aliphatic heterocycles. The first-order chi connectivity index (χ1) is 8.67. The Morgan fingerprint density at radius 2 is 2.11 bits per heavy atom. The number of carbonyl (C=O) groups excluding carboxylic acids is 2. The molecule has 0 fully saturated rings. The van der Waals surface area contributed by atoms with Crippen LogP contribution in [0.2, 0.25) is 0 Å². The molecule has 18 heavy (non-hydrogen) atoms. The first-order valence-electron chi connectivity index (χ1n) is 5.13. The zero-order chi connectivity index (χ0) is 13.1. The van der Waals surface area contributed by atoms with Gasteiger partial charge in [0.2, 0.25) is 0 Å². The van der Waals surface area contributed by atoms with Crippen molar-refractivity contribution in [1.82, 2.24) is 0 Å². The number of hydrogen-bond acceptors (Lipinski definition) is 5. The molecule has 2 aromatic rings. The second kappa shape index (κ2) is 4.75. The second-order valence-corrected chi connectivity index (χ2v) is 3.51. The largest absolute Gasteiger partial charge is 0.506 e. The van der Waals surface area contributed by atoms with Crippen LogP contribution in [-0.4, -0.2) is 24.5 Å². The van der Waals surface area contributed by atoms with Crippen LogP contribution in [0.25, 0.3) is 11.3 Å². The number of hydrogen-bond donors (Lipinski definition) is 1. The topological polar surface area (TPSA) is 76.7 Å². The van der Waals surface area contributed by atoms with E-state index in [0.717, 1.165) is 0 Å². The van der Waals surface area contributed by atoms with E-state index in [4.69, 9.17) is 4.42 Å². The lowest BCUT2D eigenvalue weighted by Gasteiger charge is -2.06. The second-order valence-electron chi connectivity index (χ2n) is 3.51. The fourth-order valence-corrected chi connectivity index (χ4v) is 1.58. The predicted molar refractivity (Wildman–Crippen MR) is 62.5 cm³/mol. The Bertz CT molecular complexity index is 597. The van der Waals surface area contributed by atoms with Gasteiger partial charge in [-0.1, -0.05) is 6.07 Å². The third-order valence-electron chi connectivity index (χ3n) is 2.45. The molecule has 0 amide bonds. The highest BCUT2D eigenvalue weighted by molar-refractivity contribution is 5.95. The number of carbonyl (C=O) groups is 2. The van der Waals surface area contributed by atoms with E-state index in [-0.39, 0.29) is 17.1 Å². The average molecular weight is 246 g/mol. The number of benzene rings is 1. The number of methoxy groups -OCH3 is 1. The summed E-state index contributed by atoms with van der Waals surface area (Å²) in [5.74, 6) is -0.430. The minimum atomic E-state index is -0.642. The molecule has 0 saturated heterocycles. The number of ether oxygens (including phenoxy) is 1. The molecule has 0 aliphatic rings. The summed E-state index contributed by atoms with van der Waals surface area (Å²) in [6.07, 6.45) is 0.560. The first kappa shape index (κ1) is 11.9. The van der Waals surface area contributed by atoms with Gasteiger partial charge in [-0.15, -0.1) is 0 Å². The highest BCUT2D eigenvalue weighted by Gasteiger charge is 2.17.